The van der Waals surface area contributed by atoms with Crippen LogP contribution in [0, 0.1) is 0 Å². The lowest BCUT2D eigenvalue weighted by molar-refractivity contribution is 0.0731. The number of benzene rings is 1. The summed E-state index contributed by atoms with van der Waals surface area (Å²) in [6.07, 6.45) is 0.821. The van der Waals surface area contributed by atoms with Crippen LogP contribution in [-0.4, -0.2) is 24.2 Å². The van der Waals surface area contributed by atoms with Crippen LogP contribution < -0.4 is 11.1 Å². The van der Waals surface area contributed by atoms with Crippen molar-refractivity contribution in [2.24, 2.45) is 0 Å². The second kappa shape index (κ2) is 5.26. The van der Waals surface area contributed by atoms with E-state index in [-0.39, 0.29) is 17.6 Å². The highest BCUT2D eigenvalue weighted by Crippen LogP contribution is 2.36. The summed E-state index contributed by atoms with van der Waals surface area (Å²) >= 11 is 4.86. The summed E-state index contributed by atoms with van der Waals surface area (Å²) in [6.45, 7) is 4.67. The first-order chi connectivity index (χ1) is 9.90. The van der Waals surface area contributed by atoms with Gasteiger partial charge in [0.2, 0.25) is 0 Å². The zero-order chi connectivity index (χ0) is 15.2. The maximum absolute atomic E-state index is 12.6. The van der Waals surface area contributed by atoms with Gasteiger partial charge in [-0.25, -0.2) is 0 Å². The maximum atomic E-state index is 12.6. The van der Waals surface area contributed by atoms with Crippen molar-refractivity contribution in [2.45, 2.75) is 31.9 Å². The van der Waals surface area contributed by atoms with E-state index in [0.717, 1.165) is 21.0 Å². The summed E-state index contributed by atoms with van der Waals surface area (Å²) in [5.74, 6) is -0.121. The minimum absolute atomic E-state index is 0.00574. The highest BCUT2D eigenvalue weighted by Gasteiger charge is 2.39. The molecular weight excluding hydrogens is 352 g/mol. The third kappa shape index (κ3) is 2.56. The second-order valence-electron chi connectivity index (χ2n) is 5.62. The molecule has 0 saturated carbocycles. The molecule has 1 aliphatic heterocycles. The van der Waals surface area contributed by atoms with E-state index in [1.807, 2.05) is 32.0 Å². The predicted molar refractivity (Wildman–Crippen MR) is 89.8 cm³/mol. The number of thiophene rings is 1. The minimum atomic E-state index is -0.333. The summed E-state index contributed by atoms with van der Waals surface area (Å²) in [5, 5.41) is 4.02. The molecule has 1 aliphatic rings. The molecule has 2 atom stereocenters. The molecule has 1 amide bonds. The molecule has 0 aliphatic carbocycles. The number of amides is 1. The molecule has 112 valence electrons. The van der Waals surface area contributed by atoms with Crippen molar-refractivity contribution in [1.29, 1.82) is 0 Å². The van der Waals surface area contributed by atoms with E-state index in [2.05, 4.69) is 21.2 Å². The van der Waals surface area contributed by atoms with Crippen LogP contribution in [0.5, 0.6) is 0 Å². The van der Waals surface area contributed by atoms with Gasteiger partial charge >= 0.3 is 0 Å². The number of rotatable bonds is 2. The van der Waals surface area contributed by atoms with Gasteiger partial charge in [-0.2, -0.15) is 0 Å². The number of ether oxygens (including phenoxy) is 1. The minimum Gasteiger partial charge on any atom is -0.397 e. The Kier molecular flexibility index (Phi) is 3.71. The Labute approximate surface area is 135 Å². The number of hydrogen-bond acceptors (Lipinski definition) is 4. The first-order valence-electron chi connectivity index (χ1n) is 6.82. The molecule has 2 heterocycles. The van der Waals surface area contributed by atoms with Crippen LogP contribution in [0.25, 0.3) is 10.1 Å². The van der Waals surface area contributed by atoms with Crippen molar-refractivity contribution in [3.63, 3.8) is 0 Å². The fraction of sp³-hybridized carbons (Fsp3) is 0.400. The van der Waals surface area contributed by atoms with Crippen molar-refractivity contribution in [3.05, 3.63) is 27.5 Å². The Morgan fingerprint density at radius 1 is 1.57 bits per heavy atom. The van der Waals surface area contributed by atoms with Crippen molar-refractivity contribution >= 4 is 48.9 Å². The normalized spacial score (nSPS) is 25.4. The number of anilines is 1. The van der Waals surface area contributed by atoms with Crippen LogP contribution in [-0.2, 0) is 4.74 Å². The number of carbonyl (C=O) groups excluding carboxylic acids is 1. The summed E-state index contributed by atoms with van der Waals surface area (Å²) < 4.78 is 7.55. The zero-order valence-electron chi connectivity index (χ0n) is 11.9. The number of hydrogen-bond donors (Lipinski definition) is 2. The molecule has 0 bridgehead atoms. The van der Waals surface area contributed by atoms with Crippen LogP contribution >= 0.6 is 27.3 Å². The standard InChI is InChI=1S/C15H17BrN2O2S/c1-8-15(2,5-6-20-8)18-14(19)13-12(17)10-4-3-9(16)7-11(10)21-13/h3-4,7-8H,5-6,17H2,1-2H3,(H,18,19). The van der Waals surface area contributed by atoms with Gasteiger partial charge < -0.3 is 15.8 Å². The van der Waals surface area contributed by atoms with Gasteiger partial charge in [-0.3, -0.25) is 4.79 Å². The summed E-state index contributed by atoms with van der Waals surface area (Å²) in [4.78, 5) is 13.2. The fourth-order valence-electron chi connectivity index (χ4n) is 2.57. The number of nitrogen functional groups attached to an aromatic ring is 1. The average molecular weight is 369 g/mol. The third-order valence-corrected chi connectivity index (χ3v) is 5.84. The Bertz CT molecular complexity index is 715. The van der Waals surface area contributed by atoms with Gasteiger partial charge in [0.25, 0.3) is 5.91 Å². The molecule has 0 radical (unpaired) electrons. The molecule has 1 saturated heterocycles. The molecule has 3 N–H and O–H groups in total. The highest BCUT2D eigenvalue weighted by molar-refractivity contribution is 9.10. The van der Waals surface area contributed by atoms with Crippen molar-refractivity contribution in [3.8, 4) is 0 Å². The molecule has 3 rings (SSSR count). The topological polar surface area (TPSA) is 64.3 Å². The monoisotopic (exact) mass is 368 g/mol. The lowest BCUT2D eigenvalue weighted by Gasteiger charge is -2.28. The second-order valence-corrected chi connectivity index (χ2v) is 7.59. The van der Waals surface area contributed by atoms with E-state index < -0.39 is 0 Å². The lowest BCUT2D eigenvalue weighted by atomic mass is 9.94. The van der Waals surface area contributed by atoms with E-state index in [4.69, 9.17) is 10.5 Å². The molecule has 1 fully saturated rings. The smallest absolute Gasteiger partial charge is 0.264 e. The van der Waals surface area contributed by atoms with Crippen LogP contribution in [0.4, 0.5) is 5.69 Å². The van der Waals surface area contributed by atoms with Crippen LogP contribution in [0.3, 0.4) is 0 Å². The van der Waals surface area contributed by atoms with Gasteiger partial charge in [0.1, 0.15) is 4.88 Å². The van der Waals surface area contributed by atoms with Crippen molar-refractivity contribution in [2.75, 3.05) is 12.3 Å². The lowest BCUT2D eigenvalue weighted by Crippen LogP contribution is -2.50. The van der Waals surface area contributed by atoms with E-state index >= 15 is 0 Å². The Balaban J connectivity index is 1.93. The van der Waals surface area contributed by atoms with E-state index in [0.29, 0.717) is 17.2 Å². The zero-order valence-corrected chi connectivity index (χ0v) is 14.3. The fourth-order valence-corrected chi connectivity index (χ4v) is 4.14. The Hall–Kier alpha value is -1.11. The maximum Gasteiger partial charge on any atom is 0.264 e. The van der Waals surface area contributed by atoms with Gasteiger partial charge in [0.15, 0.2) is 0 Å². The van der Waals surface area contributed by atoms with E-state index in [9.17, 15) is 4.79 Å². The summed E-state index contributed by atoms with van der Waals surface area (Å²) in [7, 11) is 0. The molecule has 0 spiro atoms. The van der Waals surface area contributed by atoms with Gasteiger partial charge in [0.05, 0.1) is 17.3 Å². The molecule has 2 aromatic rings. The van der Waals surface area contributed by atoms with Gasteiger partial charge in [-0.15, -0.1) is 11.3 Å². The van der Waals surface area contributed by atoms with Crippen molar-refractivity contribution in [1.82, 2.24) is 5.32 Å². The first-order valence-corrected chi connectivity index (χ1v) is 8.43. The highest BCUT2D eigenvalue weighted by atomic mass is 79.9. The number of carbonyl (C=O) groups is 1. The van der Waals surface area contributed by atoms with Gasteiger partial charge in [0, 0.05) is 21.2 Å². The molecule has 4 nitrogen and oxygen atoms in total. The molecule has 6 heteroatoms. The van der Waals surface area contributed by atoms with Crippen LogP contribution in [0.15, 0.2) is 22.7 Å². The number of fused-ring (bicyclic) bond motifs is 1. The SMILES string of the molecule is CC1OCCC1(C)NC(=O)c1sc2cc(Br)ccc2c1N. The van der Waals surface area contributed by atoms with Crippen molar-refractivity contribution < 1.29 is 9.53 Å². The molecule has 1 aromatic heterocycles. The summed E-state index contributed by atoms with van der Waals surface area (Å²) in [5.41, 5.74) is 6.36. The number of nitrogens with one attached hydrogen (secondary N) is 1. The Morgan fingerprint density at radius 2 is 2.33 bits per heavy atom. The Morgan fingerprint density at radius 3 is 3.00 bits per heavy atom. The third-order valence-electron chi connectivity index (χ3n) is 4.18. The van der Waals surface area contributed by atoms with Crippen LogP contribution in [0.1, 0.15) is 29.9 Å². The largest absolute Gasteiger partial charge is 0.397 e. The quantitative estimate of drug-likeness (QED) is 0.851. The van der Waals surface area contributed by atoms with E-state index in [1.54, 1.807) is 0 Å². The van der Waals surface area contributed by atoms with Gasteiger partial charge in [-0.05, 0) is 32.4 Å². The molecule has 1 aromatic carbocycles. The number of halogens is 1. The summed E-state index contributed by atoms with van der Waals surface area (Å²) in [6, 6.07) is 5.85. The average Bonchev–Trinajstić information content (AvgIpc) is 2.91. The van der Waals surface area contributed by atoms with E-state index in [1.165, 1.54) is 11.3 Å². The molecular formula is C15H17BrN2O2S. The molecule has 21 heavy (non-hydrogen) atoms. The first kappa shape index (κ1) is 14.8. The van der Waals surface area contributed by atoms with Gasteiger partial charge in [-0.1, -0.05) is 22.0 Å². The van der Waals surface area contributed by atoms with Crippen LogP contribution in [0.2, 0.25) is 0 Å². The number of nitrogens with two attached hydrogens (primary N) is 1. The molecule has 2 unspecified atom stereocenters. The predicted octanol–water partition coefficient (Wildman–Crippen LogP) is 3.54.